The molecule has 2 aliphatic rings. The predicted molar refractivity (Wildman–Crippen MR) is 89.5 cm³/mol. The normalized spacial score (nSPS) is 22.6. The predicted octanol–water partition coefficient (Wildman–Crippen LogP) is 2.22. The van der Waals surface area contributed by atoms with Crippen LogP contribution < -0.4 is 15.8 Å². The summed E-state index contributed by atoms with van der Waals surface area (Å²) in [6.07, 6.45) is 5.77. The van der Waals surface area contributed by atoms with E-state index in [1.807, 2.05) is 6.07 Å². The molecule has 1 aliphatic heterocycles. The lowest BCUT2D eigenvalue weighted by Crippen LogP contribution is -2.32. The maximum Gasteiger partial charge on any atom is 0.220 e. The molecule has 1 heterocycles. The molecule has 5 heteroatoms. The summed E-state index contributed by atoms with van der Waals surface area (Å²) in [7, 11) is 0. The van der Waals surface area contributed by atoms with Crippen LogP contribution in [0, 0.1) is 5.92 Å². The highest BCUT2D eigenvalue weighted by molar-refractivity contribution is 5.85. The van der Waals surface area contributed by atoms with Gasteiger partial charge in [0.05, 0.1) is 6.61 Å². The Morgan fingerprint density at radius 2 is 2.23 bits per heavy atom. The third kappa shape index (κ3) is 4.14. The average molecular weight is 325 g/mol. The van der Waals surface area contributed by atoms with Crippen LogP contribution in [0.3, 0.4) is 0 Å². The number of carbonyl (C=O) groups excluding carboxylic acids is 1. The summed E-state index contributed by atoms with van der Waals surface area (Å²) >= 11 is 0. The van der Waals surface area contributed by atoms with Gasteiger partial charge in [0.15, 0.2) is 0 Å². The number of nitrogens with one attached hydrogen (secondary N) is 1. The van der Waals surface area contributed by atoms with Crippen molar-refractivity contribution in [3.63, 3.8) is 0 Å². The molecule has 1 aromatic rings. The molecule has 2 atom stereocenters. The van der Waals surface area contributed by atoms with E-state index in [-0.39, 0.29) is 24.4 Å². The van der Waals surface area contributed by atoms with E-state index in [4.69, 9.17) is 10.5 Å². The molecule has 1 amide bonds. The van der Waals surface area contributed by atoms with E-state index in [2.05, 4.69) is 17.4 Å². The number of amides is 1. The van der Waals surface area contributed by atoms with E-state index in [0.717, 1.165) is 44.5 Å². The van der Waals surface area contributed by atoms with E-state index in [1.54, 1.807) is 0 Å². The zero-order chi connectivity index (χ0) is 14.7. The van der Waals surface area contributed by atoms with Gasteiger partial charge in [0.1, 0.15) is 5.75 Å². The molecule has 1 saturated carbocycles. The van der Waals surface area contributed by atoms with Gasteiger partial charge in [-0.05, 0) is 42.4 Å². The number of ether oxygens (including phenoxy) is 1. The standard InChI is InChI=1S/C17H24N2O2.ClH/c18-15-3-1-2-13(15)11-17(20)19-8-6-12-4-5-16-14(10-12)7-9-21-16;/h4-5,10,13,15H,1-3,6-9,11,18H2,(H,19,20);1H/t13-,15+;/m0./s1. The molecule has 22 heavy (non-hydrogen) atoms. The number of nitrogens with two attached hydrogens (primary N) is 1. The van der Waals surface area contributed by atoms with Crippen LogP contribution in [0.5, 0.6) is 5.75 Å². The SMILES string of the molecule is Cl.N[C@@H]1CCC[C@H]1CC(=O)NCCc1ccc2c(c1)CCO2. The fraction of sp³-hybridized carbons (Fsp3) is 0.588. The van der Waals surface area contributed by atoms with Gasteiger partial charge in [0.25, 0.3) is 0 Å². The average Bonchev–Trinajstić information content (AvgIpc) is 3.08. The molecular weight excluding hydrogens is 300 g/mol. The smallest absolute Gasteiger partial charge is 0.220 e. The molecule has 0 unspecified atom stereocenters. The monoisotopic (exact) mass is 324 g/mol. The highest BCUT2D eigenvalue weighted by Crippen LogP contribution is 2.27. The molecule has 1 fully saturated rings. The summed E-state index contributed by atoms with van der Waals surface area (Å²) < 4.78 is 5.50. The Morgan fingerprint density at radius 3 is 3.00 bits per heavy atom. The number of rotatable bonds is 5. The lowest BCUT2D eigenvalue weighted by atomic mass is 10.00. The second kappa shape index (κ2) is 7.84. The van der Waals surface area contributed by atoms with Crippen molar-refractivity contribution >= 4 is 18.3 Å². The zero-order valence-corrected chi connectivity index (χ0v) is 13.7. The van der Waals surface area contributed by atoms with Crippen LogP contribution in [0.15, 0.2) is 18.2 Å². The Bertz CT molecular complexity index is 521. The molecule has 0 saturated heterocycles. The second-order valence-electron chi connectivity index (χ2n) is 6.20. The minimum Gasteiger partial charge on any atom is -0.493 e. The first kappa shape index (κ1) is 17.1. The van der Waals surface area contributed by atoms with Crippen molar-refractivity contribution in [1.29, 1.82) is 0 Å². The Hall–Kier alpha value is -1.26. The van der Waals surface area contributed by atoms with E-state index in [0.29, 0.717) is 18.9 Å². The molecule has 1 aromatic carbocycles. The molecule has 0 spiro atoms. The van der Waals surface area contributed by atoms with Gasteiger partial charge in [-0.2, -0.15) is 0 Å². The number of halogens is 1. The van der Waals surface area contributed by atoms with Gasteiger partial charge in [-0.1, -0.05) is 18.6 Å². The third-order valence-electron chi connectivity index (χ3n) is 4.66. The van der Waals surface area contributed by atoms with Crippen molar-refractivity contribution in [3.05, 3.63) is 29.3 Å². The lowest BCUT2D eigenvalue weighted by Gasteiger charge is -2.14. The van der Waals surface area contributed by atoms with Crippen molar-refractivity contribution in [1.82, 2.24) is 5.32 Å². The van der Waals surface area contributed by atoms with Crippen LogP contribution >= 0.6 is 12.4 Å². The van der Waals surface area contributed by atoms with E-state index in [1.165, 1.54) is 11.1 Å². The van der Waals surface area contributed by atoms with Gasteiger partial charge < -0.3 is 15.8 Å². The molecule has 4 nitrogen and oxygen atoms in total. The molecule has 0 aromatic heterocycles. The lowest BCUT2D eigenvalue weighted by molar-refractivity contribution is -0.122. The molecule has 3 rings (SSSR count). The van der Waals surface area contributed by atoms with E-state index >= 15 is 0 Å². The first-order valence-electron chi connectivity index (χ1n) is 7.99. The number of carbonyl (C=O) groups is 1. The van der Waals surface area contributed by atoms with Crippen LogP contribution in [0.25, 0.3) is 0 Å². The summed E-state index contributed by atoms with van der Waals surface area (Å²) in [6.45, 7) is 1.48. The summed E-state index contributed by atoms with van der Waals surface area (Å²) in [5.41, 5.74) is 8.56. The minimum absolute atomic E-state index is 0. The van der Waals surface area contributed by atoms with Gasteiger partial charge in [0, 0.05) is 25.4 Å². The first-order valence-corrected chi connectivity index (χ1v) is 7.99. The molecule has 3 N–H and O–H groups in total. The molecule has 1 aliphatic carbocycles. The van der Waals surface area contributed by atoms with Gasteiger partial charge in [-0.15, -0.1) is 12.4 Å². The van der Waals surface area contributed by atoms with E-state index < -0.39 is 0 Å². The third-order valence-corrected chi connectivity index (χ3v) is 4.66. The number of fused-ring (bicyclic) bond motifs is 1. The maximum absolute atomic E-state index is 11.9. The fourth-order valence-corrected chi connectivity index (χ4v) is 3.37. The second-order valence-corrected chi connectivity index (χ2v) is 6.20. The first-order chi connectivity index (χ1) is 10.2. The van der Waals surface area contributed by atoms with Crippen LogP contribution in [0.1, 0.15) is 36.8 Å². The highest BCUT2D eigenvalue weighted by Gasteiger charge is 2.25. The Kier molecular flexibility index (Phi) is 6.09. The summed E-state index contributed by atoms with van der Waals surface area (Å²) in [5, 5.41) is 3.02. The van der Waals surface area contributed by atoms with Crippen molar-refractivity contribution in [2.75, 3.05) is 13.2 Å². The number of benzene rings is 1. The fourth-order valence-electron chi connectivity index (χ4n) is 3.37. The van der Waals surface area contributed by atoms with Gasteiger partial charge >= 0.3 is 0 Å². The molecular formula is C17H25ClN2O2. The quantitative estimate of drug-likeness (QED) is 0.873. The van der Waals surface area contributed by atoms with E-state index in [9.17, 15) is 4.79 Å². The maximum atomic E-state index is 11.9. The van der Waals surface area contributed by atoms with Crippen LogP contribution in [-0.4, -0.2) is 25.1 Å². The van der Waals surface area contributed by atoms with Crippen molar-refractivity contribution in [2.45, 2.75) is 44.6 Å². The van der Waals surface area contributed by atoms with Crippen molar-refractivity contribution in [3.8, 4) is 5.75 Å². The van der Waals surface area contributed by atoms with Crippen LogP contribution in [0.2, 0.25) is 0 Å². The minimum atomic E-state index is 0. The summed E-state index contributed by atoms with van der Waals surface area (Å²) in [5.74, 6) is 1.53. The Labute approximate surface area is 138 Å². The highest BCUT2D eigenvalue weighted by atomic mass is 35.5. The number of hydrogen-bond donors (Lipinski definition) is 2. The van der Waals surface area contributed by atoms with Gasteiger partial charge in [-0.3, -0.25) is 4.79 Å². The molecule has 0 bridgehead atoms. The Balaban J connectivity index is 0.00000176. The topological polar surface area (TPSA) is 64.4 Å². The van der Waals surface area contributed by atoms with Crippen molar-refractivity contribution in [2.24, 2.45) is 11.7 Å². The van der Waals surface area contributed by atoms with Crippen LogP contribution in [0.4, 0.5) is 0 Å². The van der Waals surface area contributed by atoms with Gasteiger partial charge in [0.2, 0.25) is 5.91 Å². The number of hydrogen-bond acceptors (Lipinski definition) is 3. The summed E-state index contributed by atoms with van der Waals surface area (Å²) in [4.78, 5) is 11.9. The summed E-state index contributed by atoms with van der Waals surface area (Å²) in [6, 6.07) is 6.54. The Morgan fingerprint density at radius 1 is 1.36 bits per heavy atom. The van der Waals surface area contributed by atoms with Gasteiger partial charge in [-0.25, -0.2) is 0 Å². The van der Waals surface area contributed by atoms with Crippen LogP contribution in [-0.2, 0) is 17.6 Å². The molecule has 0 radical (unpaired) electrons. The zero-order valence-electron chi connectivity index (χ0n) is 12.8. The largest absolute Gasteiger partial charge is 0.493 e. The van der Waals surface area contributed by atoms with Crippen molar-refractivity contribution < 1.29 is 9.53 Å². The molecule has 122 valence electrons.